The zero-order valence-corrected chi connectivity index (χ0v) is 11.6. The molecule has 6 nitrogen and oxygen atoms in total. The van der Waals surface area contributed by atoms with Crippen LogP contribution < -0.4 is 0 Å². The molecule has 0 spiro atoms. The van der Waals surface area contributed by atoms with E-state index in [-0.39, 0.29) is 35.3 Å². The van der Waals surface area contributed by atoms with Crippen molar-refractivity contribution in [3.8, 4) is 5.75 Å². The van der Waals surface area contributed by atoms with Crippen LogP contribution in [0.25, 0.3) is 0 Å². The van der Waals surface area contributed by atoms with Gasteiger partial charge in [0, 0.05) is 0 Å². The number of nitrogens with zero attached hydrogens (tertiary/aromatic N) is 1. The topological polar surface area (TPSA) is 87.1 Å². The average Bonchev–Trinajstić information content (AvgIpc) is 2.35. The minimum Gasteiger partial charge on any atom is -0.508 e. The Labute approximate surface area is 120 Å². The molecular weight excluding hydrogens is 286 g/mol. The van der Waals surface area contributed by atoms with Gasteiger partial charge in [-0.3, -0.25) is 4.79 Å². The first kappa shape index (κ1) is 14.6. The third-order valence-corrected chi connectivity index (χ3v) is 3.39. The second-order valence-corrected chi connectivity index (χ2v) is 5.36. The molecule has 1 saturated heterocycles. The number of carbonyl (C=O) groups excluding carboxylic acids is 1. The first-order valence-electron chi connectivity index (χ1n) is 5.94. The van der Waals surface area contributed by atoms with Gasteiger partial charge in [-0.15, -0.1) is 0 Å². The maximum atomic E-state index is 12.2. The molecule has 0 aromatic heterocycles. The van der Waals surface area contributed by atoms with Gasteiger partial charge in [-0.25, -0.2) is 4.79 Å². The van der Waals surface area contributed by atoms with Crippen molar-refractivity contribution in [2.45, 2.75) is 12.5 Å². The van der Waals surface area contributed by atoms with Gasteiger partial charge in [-0.1, -0.05) is 11.6 Å². The van der Waals surface area contributed by atoms with Gasteiger partial charge in [-0.05, 0) is 25.1 Å². The summed E-state index contributed by atoms with van der Waals surface area (Å²) < 4.78 is 5.22. The van der Waals surface area contributed by atoms with Crippen molar-refractivity contribution in [2.75, 3.05) is 19.7 Å². The van der Waals surface area contributed by atoms with Crippen molar-refractivity contribution in [3.05, 3.63) is 28.8 Å². The van der Waals surface area contributed by atoms with Gasteiger partial charge >= 0.3 is 5.97 Å². The van der Waals surface area contributed by atoms with Crippen LogP contribution in [0.5, 0.6) is 5.75 Å². The van der Waals surface area contributed by atoms with E-state index in [1.807, 2.05) is 0 Å². The fourth-order valence-corrected chi connectivity index (χ4v) is 2.28. The fourth-order valence-electron chi connectivity index (χ4n) is 2.08. The summed E-state index contributed by atoms with van der Waals surface area (Å²) in [6.45, 7) is 1.91. The van der Waals surface area contributed by atoms with E-state index in [0.717, 1.165) is 0 Å². The number of hydrogen-bond donors (Lipinski definition) is 2. The molecule has 0 atom stereocenters. The summed E-state index contributed by atoms with van der Waals surface area (Å²) in [5.41, 5.74) is -0.441. The molecule has 0 saturated carbocycles. The van der Waals surface area contributed by atoms with E-state index in [9.17, 15) is 14.7 Å². The van der Waals surface area contributed by atoms with Crippen molar-refractivity contribution < 1.29 is 24.5 Å². The Morgan fingerprint density at radius 1 is 1.45 bits per heavy atom. The maximum absolute atomic E-state index is 12.2. The summed E-state index contributed by atoms with van der Waals surface area (Å²) in [4.78, 5) is 24.1. The number of carboxylic acid groups (broad SMARTS) is 1. The van der Waals surface area contributed by atoms with Crippen LogP contribution in [-0.2, 0) is 9.53 Å². The van der Waals surface area contributed by atoms with E-state index in [4.69, 9.17) is 21.4 Å². The van der Waals surface area contributed by atoms with E-state index in [2.05, 4.69) is 0 Å². The molecule has 20 heavy (non-hydrogen) atoms. The quantitative estimate of drug-likeness (QED) is 0.876. The van der Waals surface area contributed by atoms with Crippen LogP contribution >= 0.6 is 11.6 Å². The minimum absolute atomic E-state index is 0.0387. The third kappa shape index (κ3) is 3.02. The van der Waals surface area contributed by atoms with Crippen LogP contribution in [0.2, 0.25) is 5.02 Å². The molecule has 1 aliphatic rings. The van der Waals surface area contributed by atoms with Gasteiger partial charge in [-0.2, -0.15) is 0 Å². The largest absolute Gasteiger partial charge is 0.508 e. The molecule has 0 unspecified atom stereocenters. The van der Waals surface area contributed by atoms with Crippen LogP contribution in [0, 0.1) is 0 Å². The number of benzene rings is 1. The second kappa shape index (κ2) is 5.30. The van der Waals surface area contributed by atoms with Crippen LogP contribution in [0.15, 0.2) is 18.2 Å². The number of aromatic hydroxyl groups is 1. The van der Waals surface area contributed by atoms with E-state index < -0.39 is 18.2 Å². The second-order valence-electron chi connectivity index (χ2n) is 4.96. The van der Waals surface area contributed by atoms with Gasteiger partial charge in [0.05, 0.1) is 23.7 Å². The molecule has 108 valence electrons. The van der Waals surface area contributed by atoms with E-state index in [0.29, 0.717) is 0 Å². The Balaban J connectivity index is 2.00. The predicted molar refractivity (Wildman–Crippen MR) is 71.0 cm³/mol. The van der Waals surface area contributed by atoms with E-state index in [1.54, 1.807) is 6.92 Å². The van der Waals surface area contributed by atoms with Crippen LogP contribution in [-0.4, -0.2) is 52.3 Å². The number of hydrogen-bond acceptors (Lipinski definition) is 4. The fraction of sp³-hybridized carbons (Fsp3) is 0.385. The SMILES string of the molecule is CC1(OCC(=O)O)CN(C(=O)c2cc(O)ccc2Cl)C1. The molecule has 1 heterocycles. The Hall–Kier alpha value is -1.79. The van der Waals surface area contributed by atoms with E-state index >= 15 is 0 Å². The summed E-state index contributed by atoms with van der Waals surface area (Å²) in [7, 11) is 0. The van der Waals surface area contributed by atoms with Crippen LogP contribution in [0.4, 0.5) is 0 Å². The molecule has 1 aromatic rings. The summed E-state index contributed by atoms with van der Waals surface area (Å²) in [5.74, 6) is -1.41. The smallest absolute Gasteiger partial charge is 0.329 e. The van der Waals surface area contributed by atoms with Gasteiger partial charge in [0.25, 0.3) is 5.91 Å². The van der Waals surface area contributed by atoms with Gasteiger partial charge < -0.3 is 19.8 Å². The highest BCUT2D eigenvalue weighted by Crippen LogP contribution is 2.29. The lowest BCUT2D eigenvalue weighted by molar-refractivity contribution is -0.159. The lowest BCUT2D eigenvalue weighted by atomic mass is 9.95. The van der Waals surface area contributed by atoms with Crippen molar-refractivity contribution in [1.82, 2.24) is 4.90 Å². The number of ether oxygens (including phenoxy) is 1. The molecule has 1 fully saturated rings. The Morgan fingerprint density at radius 3 is 2.70 bits per heavy atom. The molecule has 7 heteroatoms. The molecule has 1 amide bonds. The number of amides is 1. The molecular formula is C13H14ClNO5. The molecule has 2 rings (SSSR count). The highest BCUT2D eigenvalue weighted by Gasteiger charge is 2.43. The van der Waals surface area contributed by atoms with Crippen molar-refractivity contribution >= 4 is 23.5 Å². The van der Waals surface area contributed by atoms with Crippen molar-refractivity contribution in [2.24, 2.45) is 0 Å². The molecule has 0 bridgehead atoms. The molecule has 1 aliphatic heterocycles. The Bertz CT molecular complexity index is 554. The number of phenolic OH excluding ortho intramolecular Hbond substituents is 1. The van der Waals surface area contributed by atoms with Crippen LogP contribution in [0.1, 0.15) is 17.3 Å². The third-order valence-electron chi connectivity index (χ3n) is 3.06. The maximum Gasteiger partial charge on any atom is 0.329 e. The lowest BCUT2D eigenvalue weighted by Crippen LogP contribution is -2.63. The van der Waals surface area contributed by atoms with Gasteiger partial charge in [0.1, 0.15) is 18.0 Å². The number of carboxylic acids is 1. The minimum atomic E-state index is -1.05. The van der Waals surface area contributed by atoms with E-state index in [1.165, 1.54) is 23.1 Å². The summed E-state index contributed by atoms with van der Waals surface area (Å²) >= 11 is 5.92. The summed E-state index contributed by atoms with van der Waals surface area (Å²) in [6, 6.07) is 4.15. The number of rotatable bonds is 4. The highest BCUT2D eigenvalue weighted by molar-refractivity contribution is 6.33. The molecule has 0 radical (unpaired) electrons. The number of halogens is 1. The number of aliphatic carboxylic acids is 1. The van der Waals surface area contributed by atoms with Crippen molar-refractivity contribution in [1.29, 1.82) is 0 Å². The summed E-state index contributed by atoms with van der Waals surface area (Å²) in [6.07, 6.45) is 0. The monoisotopic (exact) mass is 299 g/mol. The van der Waals surface area contributed by atoms with Gasteiger partial charge in [0.2, 0.25) is 0 Å². The van der Waals surface area contributed by atoms with Crippen LogP contribution in [0.3, 0.4) is 0 Å². The molecule has 2 N–H and O–H groups in total. The molecule has 0 aliphatic carbocycles. The Kier molecular flexibility index (Phi) is 3.87. The van der Waals surface area contributed by atoms with Gasteiger partial charge in [0.15, 0.2) is 0 Å². The highest BCUT2D eigenvalue weighted by atomic mass is 35.5. The lowest BCUT2D eigenvalue weighted by Gasteiger charge is -2.47. The number of likely N-dealkylation sites (tertiary alicyclic amines) is 1. The number of phenols is 1. The summed E-state index contributed by atoms with van der Waals surface area (Å²) in [5, 5.41) is 18.2. The molecule has 1 aromatic carbocycles. The predicted octanol–water partition coefficient (Wildman–Crippen LogP) is 1.36. The first-order chi connectivity index (χ1) is 9.31. The Morgan fingerprint density at radius 2 is 2.10 bits per heavy atom. The number of carbonyl (C=O) groups is 2. The normalized spacial score (nSPS) is 16.6. The zero-order chi connectivity index (χ0) is 14.9. The zero-order valence-electron chi connectivity index (χ0n) is 10.8. The standard InChI is InChI=1S/C13H14ClNO5/c1-13(20-5-11(17)18)6-15(7-13)12(19)9-4-8(16)2-3-10(9)14/h2-4,16H,5-7H2,1H3,(H,17,18). The average molecular weight is 300 g/mol. The first-order valence-corrected chi connectivity index (χ1v) is 6.32. The van der Waals surface area contributed by atoms with Crippen molar-refractivity contribution in [3.63, 3.8) is 0 Å².